The first-order valence-electron chi connectivity index (χ1n) is 9.54. The summed E-state index contributed by atoms with van der Waals surface area (Å²) in [5.41, 5.74) is 8.90. The minimum absolute atomic E-state index is 0.179. The first-order chi connectivity index (χ1) is 15.3. The van der Waals surface area contributed by atoms with E-state index in [1.54, 1.807) is 21.7 Å². The van der Waals surface area contributed by atoms with Crippen LogP contribution in [0.1, 0.15) is 21.6 Å². The Morgan fingerprint density at radius 3 is 2.50 bits per heavy atom. The predicted molar refractivity (Wildman–Crippen MR) is 116 cm³/mol. The summed E-state index contributed by atoms with van der Waals surface area (Å²) in [4.78, 5) is 26.5. The summed E-state index contributed by atoms with van der Waals surface area (Å²) >= 11 is -0.750. The third kappa shape index (κ3) is 5.06. The van der Waals surface area contributed by atoms with Gasteiger partial charge in [0.15, 0.2) is 0 Å². The number of primary amides is 1. The van der Waals surface area contributed by atoms with Crippen molar-refractivity contribution in [2.75, 3.05) is 11.9 Å². The fourth-order valence-corrected chi connectivity index (χ4v) is 3.51. The topological polar surface area (TPSA) is 127 Å². The molecule has 0 saturated heterocycles. The van der Waals surface area contributed by atoms with Crippen molar-refractivity contribution >= 4 is 29.2 Å². The highest BCUT2D eigenvalue weighted by Crippen LogP contribution is 2.28. The van der Waals surface area contributed by atoms with Crippen molar-refractivity contribution in [3.8, 4) is 11.3 Å². The van der Waals surface area contributed by atoms with Gasteiger partial charge in [0.25, 0.3) is 5.91 Å². The number of nitrogens with two attached hydrogens (primary N) is 1. The number of urea groups is 1. The number of hydrogen-bond donors (Lipinski definition) is 2. The molecule has 0 aliphatic carbocycles. The van der Waals surface area contributed by atoms with Gasteiger partial charge in [-0.05, 0) is 36.8 Å². The van der Waals surface area contributed by atoms with E-state index < -0.39 is 23.3 Å². The maximum Gasteiger partial charge on any atom is 0.335 e. The van der Waals surface area contributed by atoms with Gasteiger partial charge in [-0.1, -0.05) is 24.3 Å². The summed E-state index contributed by atoms with van der Waals surface area (Å²) in [6.07, 6.45) is 0. The molecule has 3 aromatic rings. The number of nitrogens with one attached hydrogen (secondary N) is 1. The van der Waals surface area contributed by atoms with Gasteiger partial charge < -0.3 is 16.0 Å². The number of nitrogens with zero attached hydrogens (tertiary/aromatic N) is 3. The Morgan fingerprint density at radius 2 is 1.84 bits per heavy atom. The fourth-order valence-electron chi connectivity index (χ4n) is 3.51. The number of anilines is 1. The third-order valence-corrected chi connectivity index (χ3v) is 4.88. The molecule has 1 aromatic heterocycles. The summed E-state index contributed by atoms with van der Waals surface area (Å²) < 4.78 is 31.9. The van der Waals surface area contributed by atoms with E-state index in [-0.39, 0.29) is 18.1 Å². The number of fused-ring (bicyclic) bond motifs is 1. The molecule has 0 bridgehead atoms. The second-order valence-corrected chi connectivity index (χ2v) is 7.19. The zero-order chi connectivity index (χ0) is 23.3. The SMILES string of the molecule is Cc1cccc(NC(=O)N2CCn3nc(-c4cccc(F)c4)c(C(N)=O)c3C2)c1.O=S=O. The minimum atomic E-state index is -0.750. The van der Waals surface area contributed by atoms with Crippen molar-refractivity contribution in [3.05, 3.63) is 71.2 Å². The van der Waals surface area contributed by atoms with Crippen LogP contribution in [-0.4, -0.2) is 41.6 Å². The van der Waals surface area contributed by atoms with E-state index >= 15 is 0 Å². The van der Waals surface area contributed by atoms with E-state index in [0.717, 1.165) is 5.56 Å². The first kappa shape index (κ1) is 22.8. The lowest BCUT2D eigenvalue weighted by Crippen LogP contribution is -2.41. The molecular weight excluding hydrogens is 437 g/mol. The normalized spacial score (nSPS) is 12.2. The Kier molecular flexibility index (Phi) is 7.11. The Labute approximate surface area is 186 Å². The van der Waals surface area contributed by atoms with E-state index in [0.29, 0.717) is 35.7 Å². The van der Waals surface area contributed by atoms with Crippen LogP contribution >= 0.6 is 0 Å². The van der Waals surface area contributed by atoms with Gasteiger partial charge in [0.2, 0.25) is 0 Å². The Hall–Kier alpha value is -3.86. The average Bonchev–Trinajstić information content (AvgIpc) is 3.13. The largest absolute Gasteiger partial charge is 0.365 e. The lowest BCUT2D eigenvalue weighted by molar-refractivity contribution is 0.0997. The molecule has 0 spiro atoms. The Balaban J connectivity index is 0.000000913. The van der Waals surface area contributed by atoms with Crippen LogP contribution in [0.5, 0.6) is 0 Å². The predicted octanol–water partition coefficient (Wildman–Crippen LogP) is 2.47. The number of carbonyl (C=O) groups excluding carboxylic acids is 2. The second-order valence-electron chi connectivity index (χ2n) is 7.06. The highest BCUT2D eigenvalue weighted by Gasteiger charge is 2.29. The molecular formula is C21H20FN5O4S. The molecule has 0 fully saturated rings. The Bertz CT molecular complexity index is 1210. The number of benzene rings is 2. The lowest BCUT2D eigenvalue weighted by atomic mass is 10.0. The quantitative estimate of drug-likeness (QED) is 0.625. The molecule has 11 heteroatoms. The van der Waals surface area contributed by atoms with Crippen LogP contribution < -0.4 is 11.1 Å². The molecule has 0 radical (unpaired) electrons. The van der Waals surface area contributed by atoms with E-state index in [9.17, 15) is 14.0 Å². The van der Waals surface area contributed by atoms with Gasteiger partial charge in [-0.3, -0.25) is 9.48 Å². The monoisotopic (exact) mass is 457 g/mol. The molecule has 3 amide bonds. The number of aryl methyl sites for hydroxylation is 1. The Morgan fingerprint density at radius 1 is 1.12 bits per heavy atom. The number of carbonyl (C=O) groups is 2. The van der Waals surface area contributed by atoms with Crippen LogP contribution in [0.15, 0.2) is 48.5 Å². The van der Waals surface area contributed by atoms with Crippen molar-refractivity contribution in [2.45, 2.75) is 20.0 Å². The number of amides is 3. The number of hydrogen-bond acceptors (Lipinski definition) is 5. The zero-order valence-corrected chi connectivity index (χ0v) is 17.9. The van der Waals surface area contributed by atoms with Crippen LogP contribution in [0.2, 0.25) is 0 Å². The van der Waals surface area contributed by atoms with E-state index in [4.69, 9.17) is 14.2 Å². The maximum atomic E-state index is 13.7. The zero-order valence-electron chi connectivity index (χ0n) is 17.1. The van der Waals surface area contributed by atoms with Gasteiger partial charge in [0, 0.05) is 17.8 Å². The molecule has 166 valence electrons. The molecule has 32 heavy (non-hydrogen) atoms. The average molecular weight is 457 g/mol. The highest BCUT2D eigenvalue weighted by atomic mass is 32.1. The van der Waals surface area contributed by atoms with Gasteiger partial charge in [0.05, 0.1) is 24.3 Å². The summed E-state index contributed by atoms with van der Waals surface area (Å²) in [6.45, 7) is 2.96. The van der Waals surface area contributed by atoms with Gasteiger partial charge in [0.1, 0.15) is 11.5 Å². The minimum Gasteiger partial charge on any atom is -0.365 e. The summed E-state index contributed by atoms with van der Waals surface area (Å²) in [7, 11) is 0. The molecule has 9 nitrogen and oxygen atoms in total. The van der Waals surface area contributed by atoms with Crippen molar-refractivity contribution in [2.24, 2.45) is 5.73 Å². The lowest BCUT2D eigenvalue weighted by Gasteiger charge is -2.28. The van der Waals surface area contributed by atoms with Crippen LogP contribution in [-0.2, 0) is 24.7 Å². The van der Waals surface area contributed by atoms with Gasteiger partial charge >= 0.3 is 17.6 Å². The van der Waals surface area contributed by atoms with Crippen molar-refractivity contribution in [1.82, 2.24) is 14.7 Å². The first-order valence-corrected chi connectivity index (χ1v) is 10.2. The summed E-state index contributed by atoms with van der Waals surface area (Å²) in [5, 5.41) is 7.33. The molecule has 4 rings (SSSR count). The summed E-state index contributed by atoms with van der Waals surface area (Å²) in [5.74, 6) is -1.09. The molecule has 2 heterocycles. The van der Waals surface area contributed by atoms with Crippen LogP contribution in [0.4, 0.5) is 14.9 Å². The molecule has 2 aromatic carbocycles. The second kappa shape index (κ2) is 9.96. The maximum absolute atomic E-state index is 13.7. The van der Waals surface area contributed by atoms with Gasteiger partial charge in [-0.2, -0.15) is 13.5 Å². The van der Waals surface area contributed by atoms with E-state index in [1.807, 2.05) is 31.2 Å². The van der Waals surface area contributed by atoms with E-state index in [2.05, 4.69) is 10.4 Å². The van der Waals surface area contributed by atoms with Gasteiger partial charge in [-0.25, -0.2) is 9.18 Å². The molecule has 0 saturated carbocycles. The third-order valence-electron chi connectivity index (χ3n) is 4.88. The van der Waals surface area contributed by atoms with Crippen molar-refractivity contribution < 1.29 is 22.4 Å². The fraction of sp³-hybridized carbons (Fsp3) is 0.190. The molecule has 1 aliphatic rings. The van der Waals surface area contributed by atoms with Crippen LogP contribution in [0.25, 0.3) is 11.3 Å². The van der Waals surface area contributed by atoms with Crippen LogP contribution in [0, 0.1) is 12.7 Å². The molecule has 0 unspecified atom stereocenters. The van der Waals surface area contributed by atoms with Gasteiger partial charge in [-0.15, -0.1) is 0 Å². The van der Waals surface area contributed by atoms with Crippen LogP contribution in [0.3, 0.4) is 0 Å². The number of halogens is 1. The molecule has 0 atom stereocenters. The van der Waals surface area contributed by atoms with Crippen molar-refractivity contribution in [3.63, 3.8) is 0 Å². The number of aromatic nitrogens is 2. The van der Waals surface area contributed by atoms with Crippen molar-refractivity contribution in [1.29, 1.82) is 0 Å². The molecule has 1 aliphatic heterocycles. The molecule has 3 N–H and O–H groups in total. The number of rotatable bonds is 3. The highest BCUT2D eigenvalue weighted by molar-refractivity contribution is 7.51. The summed E-state index contributed by atoms with van der Waals surface area (Å²) in [6, 6.07) is 13.1. The standard InChI is InChI=1S/C21H20FN5O2.O2S/c1-13-4-2-7-16(10-13)24-21(29)26-8-9-27-17(12-26)18(20(23)28)19(25-27)14-5-3-6-15(22)11-14;1-3-2/h2-7,10-11H,8-9,12H2,1H3,(H2,23,28)(H,24,29);. The van der Waals surface area contributed by atoms with E-state index in [1.165, 1.54) is 12.1 Å². The smallest absolute Gasteiger partial charge is 0.335 e.